The molecule has 0 atom stereocenters. The van der Waals surface area contributed by atoms with Crippen molar-refractivity contribution in [2.75, 3.05) is 20.0 Å². The summed E-state index contributed by atoms with van der Waals surface area (Å²) in [5.41, 5.74) is 2.15. The normalized spacial score (nSPS) is 10.3. The summed E-state index contributed by atoms with van der Waals surface area (Å²) in [6.07, 6.45) is 0. The third-order valence-electron chi connectivity index (χ3n) is 4.10. The number of nitrogens with one attached hydrogen (secondary N) is 1. The summed E-state index contributed by atoms with van der Waals surface area (Å²) in [6.45, 7) is 0.427. The zero-order valence-corrected chi connectivity index (χ0v) is 16.4. The third kappa shape index (κ3) is 4.72. The fourth-order valence-electron chi connectivity index (χ4n) is 2.58. The van der Waals surface area contributed by atoms with Crippen LogP contribution in [0.5, 0.6) is 11.5 Å². The maximum Gasteiger partial charge on any atom is 0.230 e. The van der Waals surface area contributed by atoms with Crippen LogP contribution in [0.15, 0.2) is 53.6 Å². The molecule has 0 saturated carbocycles. The summed E-state index contributed by atoms with van der Waals surface area (Å²) >= 11 is 1.24. The SMILES string of the molecule is COc1ccc(CNC(=O)CSc2nc3cc(OC)ccc3cc2C#N)cc1. The fraction of sp³-hybridized carbons (Fsp3) is 0.190. The molecule has 0 fully saturated rings. The number of amides is 1. The van der Waals surface area contributed by atoms with Crippen molar-refractivity contribution in [2.24, 2.45) is 0 Å². The standard InChI is InChI=1S/C21H19N3O3S/c1-26-17-6-3-14(4-7-17)12-23-20(25)13-28-21-16(11-22)9-15-5-8-18(27-2)10-19(15)24-21/h3-10H,12-13H2,1-2H3,(H,23,25). The Kier molecular flexibility index (Phi) is 6.35. The van der Waals surface area contributed by atoms with Crippen LogP contribution in [0, 0.1) is 11.3 Å². The summed E-state index contributed by atoms with van der Waals surface area (Å²) in [5, 5.41) is 13.7. The fourth-order valence-corrected chi connectivity index (χ4v) is 3.37. The van der Waals surface area contributed by atoms with Gasteiger partial charge < -0.3 is 14.8 Å². The van der Waals surface area contributed by atoms with Gasteiger partial charge in [0.05, 0.1) is 31.1 Å². The van der Waals surface area contributed by atoms with Gasteiger partial charge in [-0.25, -0.2) is 4.98 Å². The monoisotopic (exact) mass is 393 g/mol. The average Bonchev–Trinajstić information content (AvgIpc) is 2.75. The van der Waals surface area contributed by atoms with E-state index in [1.165, 1.54) is 11.8 Å². The Labute approximate surface area is 167 Å². The van der Waals surface area contributed by atoms with Crippen LogP contribution in [0.25, 0.3) is 10.9 Å². The van der Waals surface area contributed by atoms with Crippen LogP contribution in [0.2, 0.25) is 0 Å². The van der Waals surface area contributed by atoms with Gasteiger partial charge in [-0.2, -0.15) is 5.26 Å². The summed E-state index contributed by atoms with van der Waals surface area (Å²) in [6, 6.07) is 16.9. The smallest absolute Gasteiger partial charge is 0.230 e. The van der Waals surface area contributed by atoms with Crippen molar-refractivity contribution < 1.29 is 14.3 Å². The number of aromatic nitrogens is 1. The van der Waals surface area contributed by atoms with E-state index in [9.17, 15) is 10.1 Å². The molecule has 3 aromatic rings. The minimum Gasteiger partial charge on any atom is -0.497 e. The van der Waals surface area contributed by atoms with E-state index in [2.05, 4.69) is 16.4 Å². The summed E-state index contributed by atoms with van der Waals surface area (Å²) < 4.78 is 10.3. The zero-order valence-electron chi connectivity index (χ0n) is 15.6. The van der Waals surface area contributed by atoms with Crippen LogP contribution in [0.4, 0.5) is 0 Å². The van der Waals surface area contributed by atoms with E-state index in [4.69, 9.17) is 9.47 Å². The molecule has 0 unspecified atom stereocenters. The highest BCUT2D eigenvalue weighted by Gasteiger charge is 2.11. The van der Waals surface area contributed by atoms with Crippen LogP contribution in [0.3, 0.4) is 0 Å². The number of nitriles is 1. The second-order valence-corrected chi connectivity index (χ2v) is 6.89. The molecule has 0 bridgehead atoms. The van der Waals surface area contributed by atoms with Crippen molar-refractivity contribution in [1.29, 1.82) is 5.26 Å². The molecule has 0 spiro atoms. The van der Waals surface area contributed by atoms with Gasteiger partial charge >= 0.3 is 0 Å². The molecule has 1 heterocycles. The van der Waals surface area contributed by atoms with E-state index in [1.54, 1.807) is 20.3 Å². The molecule has 0 aliphatic carbocycles. The van der Waals surface area contributed by atoms with Gasteiger partial charge in [0.2, 0.25) is 5.91 Å². The number of thioether (sulfide) groups is 1. The molecular weight excluding hydrogens is 374 g/mol. The molecule has 0 saturated heterocycles. The second-order valence-electron chi connectivity index (χ2n) is 5.92. The van der Waals surface area contributed by atoms with E-state index in [0.29, 0.717) is 22.9 Å². The third-order valence-corrected chi connectivity index (χ3v) is 5.09. The molecule has 1 N–H and O–H groups in total. The molecular formula is C21H19N3O3S. The molecule has 7 heteroatoms. The average molecular weight is 393 g/mol. The Balaban J connectivity index is 1.64. The molecule has 1 amide bonds. The largest absolute Gasteiger partial charge is 0.497 e. The molecule has 142 valence electrons. The molecule has 3 rings (SSSR count). The van der Waals surface area contributed by atoms with E-state index < -0.39 is 0 Å². The molecule has 2 aromatic carbocycles. The van der Waals surface area contributed by atoms with Crippen molar-refractivity contribution in [3.63, 3.8) is 0 Å². The van der Waals surface area contributed by atoms with E-state index in [-0.39, 0.29) is 11.7 Å². The first-order valence-corrected chi connectivity index (χ1v) is 9.53. The number of hydrogen-bond donors (Lipinski definition) is 1. The van der Waals surface area contributed by atoms with Gasteiger partial charge in [-0.3, -0.25) is 4.79 Å². The molecule has 0 radical (unpaired) electrons. The Morgan fingerprint density at radius 3 is 2.50 bits per heavy atom. The number of fused-ring (bicyclic) bond motifs is 1. The zero-order chi connectivity index (χ0) is 19.9. The van der Waals surface area contributed by atoms with E-state index >= 15 is 0 Å². The molecule has 0 aliphatic rings. The summed E-state index contributed by atoms with van der Waals surface area (Å²) in [7, 11) is 3.20. The first-order valence-electron chi connectivity index (χ1n) is 8.54. The van der Waals surface area contributed by atoms with Crippen molar-refractivity contribution in [3.05, 3.63) is 59.7 Å². The summed E-state index contributed by atoms with van der Waals surface area (Å²) in [4.78, 5) is 16.7. The van der Waals surface area contributed by atoms with Gasteiger partial charge in [-0.05, 0) is 35.9 Å². The maximum absolute atomic E-state index is 12.2. The lowest BCUT2D eigenvalue weighted by atomic mass is 10.1. The Morgan fingerprint density at radius 2 is 1.82 bits per heavy atom. The first kappa shape index (κ1) is 19.5. The van der Waals surface area contributed by atoms with E-state index in [0.717, 1.165) is 22.2 Å². The van der Waals surface area contributed by atoms with Crippen molar-refractivity contribution in [1.82, 2.24) is 10.3 Å². The first-order chi connectivity index (χ1) is 13.6. The molecule has 6 nitrogen and oxygen atoms in total. The molecule has 28 heavy (non-hydrogen) atoms. The predicted octanol–water partition coefficient (Wildman–Crippen LogP) is 3.53. The van der Waals surface area contributed by atoms with E-state index in [1.807, 2.05) is 42.5 Å². The number of pyridine rings is 1. The van der Waals surface area contributed by atoms with Crippen molar-refractivity contribution in [2.45, 2.75) is 11.6 Å². The number of rotatable bonds is 7. The van der Waals surface area contributed by atoms with Crippen LogP contribution in [-0.4, -0.2) is 30.9 Å². The van der Waals surface area contributed by atoms with Crippen LogP contribution in [-0.2, 0) is 11.3 Å². The topological polar surface area (TPSA) is 84.2 Å². The van der Waals surface area contributed by atoms with Crippen LogP contribution in [0.1, 0.15) is 11.1 Å². The lowest BCUT2D eigenvalue weighted by molar-refractivity contribution is -0.118. The highest BCUT2D eigenvalue weighted by atomic mass is 32.2. The minimum absolute atomic E-state index is 0.128. The lowest BCUT2D eigenvalue weighted by Gasteiger charge is -2.08. The molecule has 1 aromatic heterocycles. The van der Waals surface area contributed by atoms with Crippen molar-refractivity contribution >= 4 is 28.6 Å². The number of carbonyl (C=O) groups is 1. The summed E-state index contributed by atoms with van der Waals surface area (Å²) in [5.74, 6) is 1.51. The number of carbonyl (C=O) groups excluding carboxylic acids is 1. The highest BCUT2D eigenvalue weighted by Crippen LogP contribution is 2.26. The Morgan fingerprint density at radius 1 is 1.11 bits per heavy atom. The molecule has 0 aliphatic heterocycles. The van der Waals surface area contributed by atoms with Gasteiger partial charge in [0.15, 0.2) is 0 Å². The quantitative estimate of drug-likeness (QED) is 0.618. The van der Waals surface area contributed by atoms with Crippen molar-refractivity contribution in [3.8, 4) is 17.6 Å². The predicted molar refractivity (Wildman–Crippen MR) is 109 cm³/mol. The highest BCUT2D eigenvalue weighted by molar-refractivity contribution is 8.00. The van der Waals surface area contributed by atoms with Gasteiger partial charge in [0.25, 0.3) is 0 Å². The number of hydrogen-bond acceptors (Lipinski definition) is 6. The van der Waals surface area contributed by atoms with Crippen LogP contribution >= 0.6 is 11.8 Å². The van der Waals surface area contributed by atoms with Gasteiger partial charge in [-0.1, -0.05) is 23.9 Å². The van der Waals surface area contributed by atoms with Gasteiger partial charge in [0.1, 0.15) is 22.6 Å². The van der Waals surface area contributed by atoms with Gasteiger partial charge in [-0.15, -0.1) is 0 Å². The van der Waals surface area contributed by atoms with Crippen LogP contribution < -0.4 is 14.8 Å². The second kappa shape index (κ2) is 9.11. The number of nitrogens with zero attached hydrogens (tertiary/aromatic N) is 2. The number of ether oxygens (including phenoxy) is 2. The number of benzene rings is 2. The minimum atomic E-state index is -0.128. The maximum atomic E-state index is 12.2. The number of methoxy groups -OCH3 is 2. The Hall–Kier alpha value is -3.24. The Bertz CT molecular complexity index is 1030. The lowest BCUT2D eigenvalue weighted by Crippen LogP contribution is -2.24. The van der Waals surface area contributed by atoms with Gasteiger partial charge in [0, 0.05) is 18.0 Å².